The van der Waals surface area contributed by atoms with Gasteiger partial charge in [-0.25, -0.2) is 49.1 Å². The summed E-state index contributed by atoms with van der Waals surface area (Å²) in [4.78, 5) is 111. The summed E-state index contributed by atoms with van der Waals surface area (Å²) in [7, 11) is -9.18. The number of anilines is 1. The number of aliphatic carboxylic acids is 2. The number of nitrogens with one attached hydrogen (secondary N) is 2. The number of halogens is 9. The van der Waals surface area contributed by atoms with Crippen molar-refractivity contribution < 1.29 is 92.6 Å². The van der Waals surface area contributed by atoms with Gasteiger partial charge in [-0.1, -0.05) is 54.7 Å². The molecule has 3 aromatic carbocycles. The van der Waals surface area contributed by atoms with Crippen molar-refractivity contribution in [1.29, 1.82) is 0 Å². The largest absolute Gasteiger partial charge is 0.524 e. The molecule has 4 heterocycles. The monoisotopic (exact) mass is 1390 g/mol. The zero-order chi connectivity index (χ0) is 67.8. The SMILES string of the molecule is Cc1cc(CC(=O)N[C@@H](CC(=O)O)C(=O)O)c(C(C)(C)CC(=O)N(c2nn(C)c3c(-n4c([C@H](Cc5cc(F)cc(F)c5)NC(=O)Cn5nc(C(F)F)c6c5C(Cl)(Cl)[C@@H]5C[C@H]65)nc5nc(OCCC(C)(F)F)ccc5c4=O)ccc(Cl)c23)S(C)(=O)=O)c(OP(=O)(O)O)c1. The smallest absolute Gasteiger partial charge is 0.481 e. The number of rotatable bonds is 25. The molecule has 0 radical (unpaired) electrons. The standard InChI is InChI=1S/C56H54Cl3F6N10O15PS/c1-24-13-26(18-37(76)67-34(53(82)83)21-41(79)80)44(36(14-24)90-91(84,85)86)54(2,3)22-40(78)75(92(6,87)88)51-43-32(57)8-9-35(46(43)72(5)71-51)74-50(69-49-29(52(74)81)7-10-39(68-49)89-12-11-55(4,64)65)33(17-25-15-27(60)19-28(61)16-25)66-38(77)23-73-47-42(45(70-73)48(62)63)30-20-31(30)56(47,58)59/h7-10,13-16,19,30-31,33-34,48H,11-12,17-18,20-23H2,1-6H3,(H,66,77)(H,67,76)(H,79,80)(H,82,83)(H2,84,85,86)/t30-,31+,33-,34-/m0/s1. The highest BCUT2D eigenvalue weighted by Gasteiger charge is 2.64. The Kier molecular flexibility index (Phi) is 18.8. The Balaban J connectivity index is 1.20. The van der Waals surface area contributed by atoms with Crippen LogP contribution in [0, 0.1) is 24.5 Å². The lowest BCUT2D eigenvalue weighted by Gasteiger charge is -2.31. The Hall–Kier alpha value is -7.87. The second kappa shape index (κ2) is 25.2. The van der Waals surface area contributed by atoms with Crippen LogP contribution in [-0.2, 0) is 74.7 Å². The summed E-state index contributed by atoms with van der Waals surface area (Å²) < 4.78 is 140. The molecule has 1 saturated carbocycles. The number of aromatic nitrogens is 7. The van der Waals surface area contributed by atoms with Crippen LogP contribution in [0.4, 0.5) is 32.2 Å². The van der Waals surface area contributed by atoms with Crippen LogP contribution in [0.15, 0.2) is 59.4 Å². The van der Waals surface area contributed by atoms with Gasteiger partial charge in [-0.3, -0.25) is 47.7 Å². The van der Waals surface area contributed by atoms with Crippen LogP contribution in [0.5, 0.6) is 11.6 Å². The van der Waals surface area contributed by atoms with Crippen LogP contribution in [0.25, 0.3) is 27.6 Å². The molecule has 25 nitrogen and oxygen atoms in total. The highest BCUT2D eigenvalue weighted by atomic mass is 35.5. The van der Waals surface area contributed by atoms with Gasteiger partial charge in [-0.15, -0.1) is 0 Å². The first kappa shape index (κ1) is 68.5. The number of aryl methyl sites for hydroxylation is 2. The number of carbonyl (C=O) groups is 5. The molecule has 7 aromatic rings. The maximum atomic E-state index is 15.5. The number of sulfonamides is 1. The van der Waals surface area contributed by atoms with Gasteiger partial charge in [0.25, 0.3) is 12.0 Å². The number of nitrogens with zero attached hydrogens (tertiary/aromatic N) is 8. The van der Waals surface area contributed by atoms with E-state index in [1.807, 2.05) is 0 Å². The molecule has 6 N–H and O–H groups in total. The minimum Gasteiger partial charge on any atom is -0.481 e. The van der Waals surface area contributed by atoms with Crippen molar-refractivity contribution in [1.82, 2.24) is 44.7 Å². The van der Waals surface area contributed by atoms with E-state index in [2.05, 4.69) is 30.8 Å². The summed E-state index contributed by atoms with van der Waals surface area (Å²) in [6.45, 7) is 3.19. The van der Waals surface area contributed by atoms with Gasteiger partial charge in [0, 0.05) is 60.9 Å². The van der Waals surface area contributed by atoms with Crippen molar-refractivity contribution in [2.75, 3.05) is 17.2 Å². The van der Waals surface area contributed by atoms with Gasteiger partial charge in [0.15, 0.2) is 15.8 Å². The Morgan fingerprint density at radius 1 is 0.957 bits per heavy atom. The first-order chi connectivity index (χ1) is 42.6. The van der Waals surface area contributed by atoms with Crippen molar-refractivity contribution in [3.05, 3.63) is 127 Å². The van der Waals surface area contributed by atoms with E-state index >= 15 is 18.4 Å². The number of phosphoric ester groups is 1. The summed E-state index contributed by atoms with van der Waals surface area (Å²) in [5.74, 6) is -15.4. The summed E-state index contributed by atoms with van der Waals surface area (Å²) in [5, 5.41) is 31.0. The fourth-order valence-corrected chi connectivity index (χ4v) is 13.9. The quantitative estimate of drug-likeness (QED) is 0.0179. The number of carbonyl (C=O) groups excluding carboxylic acids is 3. The highest BCUT2D eigenvalue weighted by Crippen LogP contribution is 2.70. The van der Waals surface area contributed by atoms with E-state index in [0.717, 1.165) is 50.3 Å². The van der Waals surface area contributed by atoms with Crippen molar-refractivity contribution in [2.45, 2.75) is 113 Å². The third-order valence-corrected chi connectivity index (χ3v) is 17.8. The summed E-state index contributed by atoms with van der Waals surface area (Å²) in [6, 6.07) is 5.69. The molecule has 3 amide bonds. The maximum absolute atomic E-state index is 15.5. The van der Waals surface area contributed by atoms with Gasteiger partial charge in [0.1, 0.15) is 41.5 Å². The average molecular weight is 1390 g/mol. The predicted molar refractivity (Wildman–Crippen MR) is 317 cm³/mol. The number of fused-ring (bicyclic) bond motifs is 5. The first-order valence-corrected chi connectivity index (χ1v) is 31.9. The topological polar surface area (TPSA) is 347 Å². The van der Waals surface area contributed by atoms with E-state index in [1.54, 1.807) is 0 Å². The molecule has 92 heavy (non-hydrogen) atoms. The number of carboxylic acids is 2. The Labute approximate surface area is 531 Å². The van der Waals surface area contributed by atoms with Crippen LogP contribution in [0.1, 0.15) is 110 Å². The number of phosphoric acid groups is 1. The minimum absolute atomic E-state index is 0.0586. The van der Waals surface area contributed by atoms with Crippen molar-refractivity contribution >= 4 is 110 Å². The molecule has 2 aliphatic rings. The van der Waals surface area contributed by atoms with E-state index in [-0.39, 0.29) is 70.7 Å². The number of hydrogen-bond donors (Lipinski definition) is 6. The molecule has 0 unspecified atom stereocenters. The van der Waals surface area contributed by atoms with Crippen molar-refractivity contribution in [3.8, 4) is 17.3 Å². The third kappa shape index (κ3) is 14.5. The van der Waals surface area contributed by atoms with E-state index < -0.39 is 185 Å². The van der Waals surface area contributed by atoms with Gasteiger partial charge >= 0.3 is 19.8 Å². The second-order valence-electron chi connectivity index (χ2n) is 22.9. The average Bonchev–Trinajstić information content (AvgIpc) is 1.46. The van der Waals surface area contributed by atoms with Crippen LogP contribution < -0.4 is 29.8 Å². The van der Waals surface area contributed by atoms with E-state index in [0.29, 0.717) is 25.7 Å². The zero-order valence-electron chi connectivity index (χ0n) is 48.9. The number of hydrogen-bond acceptors (Lipinski definition) is 15. The van der Waals surface area contributed by atoms with E-state index in [9.17, 15) is 69.7 Å². The normalized spacial score (nSPS) is 16.1. The van der Waals surface area contributed by atoms with Crippen molar-refractivity contribution in [2.24, 2.45) is 13.0 Å². The number of pyridine rings is 1. The van der Waals surface area contributed by atoms with Crippen LogP contribution >= 0.6 is 42.6 Å². The molecule has 0 bridgehead atoms. The molecular formula is C56H54Cl3F6N10O15PS. The van der Waals surface area contributed by atoms with Gasteiger partial charge < -0.3 is 30.1 Å². The molecule has 9 rings (SSSR count). The van der Waals surface area contributed by atoms with Crippen LogP contribution in [-0.4, -0.2) is 117 Å². The molecule has 1 fully saturated rings. The molecular weight excluding hydrogens is 1340 g/mol. The van der Waals surface area contributed by atoms with E-state index in [1.165, 1.54) is 40.0 Å². The Morgan fingerprint density at radius 2 is 1.63 bits per heavy atom. The predicted octanol–water partition coefficient (Wildman–Crippen LogP) is 8.03. The van der Waals surface area contributed by atoms with Gasteiger partial charge in [-0.2, -0.15) is 19.5 Å². The number of alkyl halides is 6. The van der Waals surface area contributed by atoms with Gasteiger partial charge in [0.2, 0.25) is 39.5 Å². The Bertz CT molecular complexity index is 4430. The lowest BCUT2D eigenvalue weighted by molar-refractivity contribution is -0.147. The number of carboxylic acid groups (broad SMARTS) is 2. The molecule has 4 aromatic heterocycles. The molecule has 0 aliphatic heterocycles. The number of ether oxygens (including phenoxy) is 1. The first-order valence-electron chi connectivity index (χ1n) is 27.4. The van der Waals surface area contributed by atoms with E-state index in [4.69, 9.17) is 44.1 Å². The van der Waals surface area contributed by atoms with Crippen molar-refractivity contribution in [3.63, 3.8) is 0 Å². The fraction of sp³-hybridized carbons (Fsp3) is 0.393. The molecule has 36 heteroatoms. The molecule has 0 saturated heterocycles. The van der Waals surface area contributed by atoms with Gasteiger partial charge in [0.05, 0.1) is 64.4 Å². The molecule has 492 valence electrons. The molecule has 0 spiro atoms. The summed E-state index contributed by atoms with van der Waals surface area (Å²) in [5.41, 5.74) is -5.09. The van der Waals surface area contributed by atoms with Crippen LogP contribution in [0.2, 0.25) is 5.02 Å². The number of amides is 3. The highest BCUT2D eigenvalue weighted by molar-refractivity contribution is 7.92. The lowest BCUT2D eigenvalue weighted by Crippen LogP contribution is -2.43. The third-order valence-electron chi connectivity index (χ3n) is 15.1. The summed E-state index contributed by atoms with van der Waals surface area (Å²) in [6.07, 6.45) is -6.46. The molecule has 2 aliphatic carbocycles. The second-order valence-corrected chi connectivity index (χ2v) is 27.7. The molecule has 4 atom stereocenters. The van der Waals surface area contributed by atoms with Crippen LogP contribution in [0.3, 0.4) is 0 Å². The summed E-state index contributed by atoms with van der Waals surface area (Å²) >= 11 is 20.5. The minimum atomic E-state index is -5.50. The maximum Gasteiger partial charge on any atom is 0.524 e. The zero-order valence-corrected chi connectivity index (χ0v) is 52.8. The fourth-order valence-electron chi connectivity index (χ4n) is 11.5. The Morgan fingerprint density at radius 3 is 2.24 bits per heavy atom. The van der Waals surface area contributed by atoms with Gasteiger partial charge in [-0.05, 0) is 79.3 Å². The number of benzene rings is 3. The lowest BCUT2D eigenvalue weighted by atomic mass is 9.77.